The Morgan fingerprint density at radius 3 is 2.58 bits per heavy atom. The summed E-state index contributed by atoms with van der Waals surface area (Å²) >= 11 is 4.42. The largest absolute Gasteiger partial charge is 0.307 e. The molecule has 0 aliphatic carbocycles. The third-order valence-corrected chi connectivity index (χ3v) is 4.56. The molecule has 68 valence electrons. The molecule has 0 unspecified atom stereocenters. The van der Waals surface area contributed by atoms with Gasteiger partial charge in [-0.1, -0.05) is 0 Å². The summed E-state index contributed by atoms with van der Waals surface area (Å²) < 4.78 is 33.5. The molecule has 0 aliphatic heterocycles. The van der Waals surface area contributed by atoms with Crippen molar-refractivity contribution in [1.29, 1.82) is 0 Å². The molecule has 0 aliphatic rings. The first-order valence-corrected chi connectivity index (χ1v) is 6.27. The number of rotatable bonds is 2. The molecule has 0 radical (unpaired) electrons. The first-order chi connectivity index (χ1) is 5.40. The molecule has 1 aromatic heterocycles. The van der Waals surface area contributed by atoms with Crippen LogP contribution >= 0.6 is 27.3 Å². The fraction of sp³-hybridized carbons (Fsp3) is 0.333. The second-order valence-corrected chi connectivity index (χ2v) is 5.46. The van der Waals surface area contributed by atoms with Gasteiger partial charge in [0.1, 0.15) is 5.75 Å². The van der Waals surface area contributed by atoms with Crippen molar-refractivity contribution in [2.75, 3.05) is 0 Å². The monoisotopic (exact) mass is 272 g/mol. The minimum absolute atomic E-state index is 0.509. The minimum atomic E-state index is -4.41. The second kappa shape index (κ2) is 3.43. The third-order valence-electron chi connectivity index (χ3n) is 1.27. The molecule has 0 aromatic carbocycles. The molecule has 1 heterocycles. The van der Waals surface area contributed by atoms with Gasteiger partial charge in [0.05, 0.1) is 0 Å². The quantitative estimate of drug-likeness (QED) is 0.776. The Bertz CT molecular complexity index is 382. The van der Waals surface area contributed by atoms with Gasteiger partial charge in [-0.2, -0.15) is 8.42 Å². The first kappa shape index (κ1) is 10.1. The van der Waals surface area contributed by atoms with Crippen molar-refractivity contribution in [2.45, 2.75) is 12.7 Å². The van der Waals surface area contributed by atoms with Gasteiger partial charge in [-0.15, -0.1) is 15.2 Å². The van der Waals surface area contributed by atoms with Gasteiger partial charge in [0.15, 0.2) is 0 Å². The van der Waals surface area contributed by atoms with E-state index in [4.69, 9.17) is 0 Å². The Morgan fingerprint density at radius 1 is 1.67 bits per heavy atom. The second-order valence-electron chi connectivity index (χ2n) is 2.34. The van der Waals surface area contributed by atoms with Crippen molar-refractivity contribution in [2.24, 2.45) is 0 Å². The van der Waals surface area contributed by atoms with Crippen molar-refractivity contribution in [1.82, 2.24) is 0 Å². The molecule has 1 aromatic rings. The normalized spacial score (nSPS) is 11.9. The van der Waals surface area contributed by atoms with Gasteiger partial charge in [0, 0.05) is 9.35 Å². The number of halogens is 2. The van der Waals surface area contributed by atoms with Gasteiger partial charge in [-0.05, 0) is 33.8 Å². The lowest BCUT2D eigenvalue weighted by Gasteiger charge is -1.92. The predicted molar refractivity (Wildman–Crippen MR) is 50.5 cm³/mol. The van der Waals surface area contributed by atoms with Crippen LogP contribution in [0, 0.1) is 6.92 Å². The van der Waals surface area contributed by atoms with Gasteiger partial charge in [-0.3, -0.25) is 0 Å². The zero-order valence-corrected chi connectivity index (χ0v) is 9.39. The average Bonchev–Trinajstić information content (AvgIpc) is 2.16. The van der Waals surface area contributed by atoms with E-state index in [0.29, 0.717) is 9.35 Å². The Kier molecular flexibility index (Phi) is 2.90. The molecule has 0 amide bonds. The van der Waals surface area contributed by atoms with E-state index in [0.717, 1.165) is 5.56 Å². The highest BCUT2D eigenvalue weighted by atomic mass is 79.9. The standard InChI is InChI=1S/C6H6BrFO2S2/c1-4-2-11-5(6(4)7)3-12(8,9)10/h2H,3H2,1H3. The predicted octanol–water partition coefficient (Wildman–Crippen LogP) is 2.62. The highest BCUT2D eigenvalue weighted by Gasteiger charge is 2.14. The first-order valence-electron chi connectivity index (χ1n) is 3.05. The maximum atomic E-state index is 12.2. The van der Waals surface area contributed by atoms with Gasteiger partial charge in [0.2, 0.25) is 0 Å². The van der Waals surface area contributed by atoms with Crippen LogP contribution in [0.25, 0.3) is 0 Å². The smallest absolute Gasteiger partial charge is 0.194 e. The highest BCUT2D eigenvalue weighted by molar-refractivity contribution is 9.10. The van der Waals surface area contributed by atoms with E-state index in [1.807, 2.05) is 6.92 Å². The van der Waals surface area contributed by atoms with Crippen LogP contribution in [-0.4, -0.2) is 8.42 Å². The van der Waals surface area contributed by atoms with Crippen LogP contribution in [0.5, 0.6) is 0 Å². The van der Waals surface area contributed by atoms with E-state index in [1.54, 1.807) is 5.38 Å². The summed E-state index contributed by atoms with van der Waals surface area (Å²) in [5.74, 6) is -0.536. The van der Waals surface area contributed by atoms with Crippen LogP contribution in [0.1, 0.15) is 10.4 Å². The van der Waals surface area contributed by atoms with E-state index in [2.05, 4.69) is 15.9 Å². The van der Waals surface area contributed by atoms with Gasteiger partial charge in [0.25, 0.3) is 0 Å². The molecule has 6 heteroatoms. The van der Waals surface area contributed by atoms with Crippen molar-refractivity contribution < 1.29 is 12.3 Å². The van der Waals surface area contributed by atoms with Gasteiger partial charge < -0.3 is 0 Å². The Morgan fingerprint density at radius 2 is 2.25 bits per heavy atom. The van der Waals surface area contributed by atoms with Crippen LogP contribution in [0.15, 0.2) is 9.85 Å². The summed E-state index contributed by atoms with van der Waals surface area (Å²) in [6.45, 7) is 1.83. The van der Waals surface area contributed by atoms with Crippen LogP contribution in [-0.2, 0) is 16.0 Å². The number of aryl methyl sites for hydroxylation is 1. The minimum Gasteiger partial charge on any atom is -0.194 e. The van der Waals surface area contributed by atoms with Crippen LogP contribution < -0.4 is 0 Å². The van der Waals surface area contributed by atoms with Crippen molar-refractivity contribution in [3.8, 4) is 0 Å². The fourth-order valence-electron chi connectivity index (χ4n) is 0.737. The topological polar surface area (TPSA) is 34.1 Å². The summed E-state index contributed by atoms with van der Waals surface area (Å²) in [5, 5.41) is 1.78. The summed E-state index contributed by atoms with van der Waals surface area (Å²) in [4.78, 5) is 0.509. The molecule has 0 saturated carbocycles. The van der Waals surface area contributed by atoms with Crippen molar-refractivity contribution >= 4 is 37.5 Å². The molecular formula is C6H6BrFO2S2. The summed E-state index contributed by atoms with van der Waals surface area (Å²) in [6, 6.07) is 0. The number of hydrogen-bond acceptors (Lipinski definition) is 3. The van der Waals surface area contributed by atoms with Crippen molar-refractivity contribution in [3.63, 3.8) is 0 Å². The SMILES string of the molecule is Cc1csc(CS(=O)(=O)F)c1Br. The zero-order valence-electron chi connectivity index (χ0n) is 6.17. The zero-order chi connectivity index (χ0) is 9.35. The van der Waals surface area contributed by atoms with Crippen molar-refractivity contribution in [3.05, 3.63) is 20.3 Å². The number of hydrogen-bond donors (Lipinski definition) is 0. The van der Waals surface area contributed by atoms with E-state index >= 15 is 0 Å². The van der Waals surface area contributed by atoms with E-state index in [-0.39, 0.29) is 0 Å². The van der Waals surface area contributed by atoms with Crippen LogP contribution in [0.2, 0.25) is 0 Å². The Hall–Kier alpha value is 0.0600. The molecule has 0 atom stereocenters. The molecule has 0 spiro atoms. The van der Waals surface area contributed by atoms with E-state index in [1.165, 1.54) is 11.3 Å². The van der Waals surface area contributed by atoms with E-state index in [9.17, 15) is 12.3 Å². The van der Waals surface area contributed by atoms with Crippen LogP contribution in [0.4, 0.5) is 3.89 Å². The van der Waals surface area contributed by atoms with Gasteiger partial charge in [-0.25, -0.2) is 0 Å². The number of thiophene rings is 1. The fourth-order valence-corrected chi connectivity index (χ4v) is 3.46. The Labute approximate surface area is 82.8 Å². The van der Waals surface area contributed by atoms with Crippen LogP contribution in [0.3, 0.4) is 0 Å². The molecule has 0 fully saturated rings. The molecule has 12 heavy (non-hydrogen) atoms. The molecule has 1 rings (SSSR count). The van der Waals surface area contributed by atoms with Gasteiger partial charge >= 0.3 is 10.2 Å². The molecule has 0 saturated heterocycles. The third kappa shape index (κ3) is 2.53. The summed E-state index contributed by atoms with van der Waals surface area (Å²) in [5.41, 5.74) is 0.929. The maximum Gasteiger partial charge on any atom is 0.307 e. The lowest BCUT2D eigenvalue weighted by atomic mass is 10.3. The maximum absolute atomic E-state index is 12.2. The molecular weight excluding hydrogens is 267 g/mol. The Balaban J connectivity index is 2.99. The molecule has 0 bridgehead atoms. The molecule has 0 N–H and O–H groups in total. The lowest BCUT2D eigenvalue weighted by molar-refractivity contribution is 0.551. The lowest BCUT2D eigenvalue weighted by Crippen LogP contribution is -1.94. The highest BCUT2D eigenvalue weighted by Crippen LogP contribution is 2.29. The summed E-state index contributed by atoms with van der Waals surface area (Å²) in [7, 11) is -4.41. The average molecular weight is 273 g/mol. The van der Waals surface area contributed by atoms with E-state index < -0.39 is 16.0 Å². The summed E-state index contributed by atoms with van der Waals surface area (Å²) in [6.07, 6.45) is 0. The molecule has 2 nitrogen and oxygen atoms in total.